The lowest BCUT2D eigenvalue weighted by molar-refractivity contribution is 0.410. The van der Waals surface area contributed by atoms with Gasteiger partial charge in [0, 0.05) is 5.56 Å². The van der Waals surface area contributed by atoms with E-state index in [4.69, 9.17) is 0 Å². The molecule has 0 fully saturated rings. The molecule has 0 spiro atoms. The highest BCUT2D eigenvalue weighted by Gasteiger charge is 2.07. The van der Waals surface area contributed by atoms with E-state index in [1.54, 1.807) is 12.1 Å². The van der Waals surface area contributed by atoms with E-state index in [0.717, 1.165) is 18.4 Å². The third-order valence-corrected chi connectivity index (χ3v) is 1.91. The van der Waals surface area contributed by atoms with E-state index in [9.17, 15) is 13.2 Å². The second-order valence-corrected chi connectivity index (χ2v) is 3.02. The summed E-state index contributed by atoms with van der Waals surface area (Å²) in [7, 11) is 0. The standard InChI is InChI=1S/C11H11F3/c1-2-3-8-4-6-9(7-5-8)10(12)11(13)14/h4-7H,2-3H2,1H3. The number of rotatable bonds is 3. The zero-order valence-electron chi connectivity index (χ0n) is 7.86. The molecule has 0 aromatic heterocycles. The van der Waals surface area contributed by atoms with Crippen LogP contribution in [0.2, 0.25) is 0 Å². The van der Waals surface area contributed by atoms with Gasteiger partial charge in [-0.2, -0.15) is 8.78 Å². The van der Waals surface area contributed by atoms with E-state index in [-0.39, 0.29) is 5.56 Å². The van der Waals surface area contributed by atoms with Crippen molar-refractivity contribution in [1.29, 1.82) is 0 Å². The molecule has 0 amide bonds. The Balaban J connectivity index is 2.89. The molecule has 0 unspecified atom stereocenters. The van der Waals surface area contributed by atoms with Crippen LogP contribution in [-0.2, 0) is 6.42 Å². The van der Waals surface area contributed by atoms with Gasteiger partial charge in [0.15, 0.2) is 5.83 Å². The number of hydrogen-bond donors (Lipinski definition) is 0. The van der Waals surface area contributed by atoms with Crippen molar-refractivity contribution < 1.29 is 13.2 Å². The largest absolute Gasteiger partial charge is 0.306 e. The molecular weight excluding hydrogens is 189 g/mol. The van der Waals surface area contributed by atoms with Gasteiger partial charge in [0.1, 0.15) is 0 Å². The molecule has 76 valence electrons. The van der Waals surface area contributed by atoms with Crippen LogP contribution >= 0.6 is 0 Å². The summed E-state index contributed by atoms with van der Waals surface area (Å²) in [6, 6.07) is 6.08. The Kier molecular flexibility index (Phi) is 3.74. The lowest BCUT2D eigenvalue weighted by Crippen LogP contribution is -1.84. The molecule has 0 saturated heterocycles. The molecule has 0 aliphatic heterocycles. The Morgan fingerprint density at radius 2 is 1.64 bits per heavy atom. The van der Waals surface area contributed by atoms with Gasteiger partial charge in [-0.3, -0.25) is 0 Å². The van der Waals surface area contributed by atoms with Crippen LogP contribution in [-0.4, -0.2) is 0 Å². The zero-order valence-corrected chi connectivity index (χ0v) is 7.86. The Labute approximate surface area is 81.1 Å². The predicted molar refractivity (Wildman–Crippen MR) is 50.7 cm³/mol. The Morgan fingerprint density at radius 3 is 2.07 bits per heavy atom. The Hall–Kier alpha value is -1.25. The minimum atomic E-state index is -2.27. The first-order valence-electron chi connectivity index (χ1n) is 4.45. The molecule has 0 aliphatic carbocycles. The van der Waals surface area contributed by atoms with Gasteiger partial charge in [0.05, 0.1) is 0 Å². The highest BCUT2D eigenvalue weighted by molar-refractivity contribution is 5.59. The molecule has 0 N–H and O–H groups in total. The summed E-state index contributed by atoms with van der Waals surface area (Å²) >= 11 is 0. The summed E-state index contributed by atoms with van der Waals surface area (Å²) in [5.74, 6) is -1.44. The molecule has 0 heterocycles. The van der Waals surface area contributed by atoms with Crippen molar-refractivity contribution in [3.63, 3.8) is 0 Å². The molecule has 0 bridgehead atoms. The zero-order chi connectivity index (χ0) is 10.6. The molecule has 0 aliphatic rings. The van der Waals surface area contributed by atoms with Crippen molar-refractivity contribution in [2.45, 2.75) is 19.8 Å². The van der Waals surface area contributed by atoms with Gasteiger partial charge in [-0.1, -0.05) is 37.6 Å². The summed E-state index contributed by atoms with van der Waals surface area (Å²) in [5.41, 5.74) is 0.966. The third-order valence-electron chi connectivity index (χ3n) is 1.91. The van der Waals surface area contributed by atoms with Crippen molar-refractivity contribution in [3.8, 4) is 0 Å². The fourth-order valence-electron chi connectivity index (χ4n) is 1.22. The number of halogens is 3. The third kappa shape index (κ3) is 2.62. The predicted octanol–water partition coefficient (Wildman–Crippen LogP) is 4.17. The summed E-state index contributed by atoms with van der Waals surface area (Å²) in [6.07, 6.45) is -0.410. The number of aryl methyl sites for hydroxylation is 1. The lowest BCUT2D eigenvalue weighted by Gasteiger charge is -2.00. The van der Waals surface area contributed by atoms with Crippen LogP contribution in [0.15, 0.2) is 30.3 Å². The van der Waals surface area contributed by atoms with Gasteiger partial charge in [-0.05, 0) is 12.0 Å². The molecule has 3 heteroatoms. The van der Waals surface area contributed by atoms with Gasteiger partial charge in [0.2, 0.25) is 0 Å². The van der Waals surface area contributed by atoms with E-state index >= 15 is 0 Å². The molecule has 0 saturated carbocycles. The van der Waals surface area contributed by atoms with Crippen LogP contribution in [0.1, 0.15) is 24.5 Å². The van der Waals surface area contributed by atoms with Crippen molar-refractivity contribution in [2.75, 3.05) is 0 Å². The molecule has 1 rings (SSSR count). The molecule has 14 heavy (non-hydrogen) atoms. The van der Waals surface area contributed by atoms with Crippen LogP contribution < -0.4 is 0 Å². The van der Waals surface area contributed by atoms with E-state index in [2.05, 4.69) is 0 Å². The molecule has 0 nitrogen and oxygen atoms in total. The first kappa shape index (κ1) is 10.8. The molecule has 1 aromatic carbocycles. The highest BCUT2D eigenvalue weighted by Crippen LogP contribution is 2.22. The van der Waals surface area contributed by atoms with Crippen LogP contribution in [0.5, 0.6) is 0 Å². The summed E-state index contributed by atoms with van der Waals surface area (Å²) in [5, 5.41) is 0. The minimum absolute atomic E-state index is 0.0650. The minimum Gasteiger partial charge on any atom is -0.200 e. The fraction of sp³-hybridized carbons (Fsp3) is 0.273. The monoisotopic (exact) mass is 200 g/mol. The number of benzene rings is 1. The van der Waals surface area contributed by atoms with E-state index in [0.29, 0.717) is 0 Å². The van der Waals surface area contributed by atoms with Crippen molar-refractivity contribution >= 4 is 5.83 Å². The number of hydrogen-bond acceptors (Lipinski definition) is 0. The topological polar surface area (TPSA) is 0 Å². The summed E-state index contributed by atoms with van der Waals surface area (Å²) in [4.78, 5) is 0. The van der Waals surface area contributed by atoms with Gasteiger partial charge in [-0.25, -0.2) is 4.39 Å². The molecule has 0 radical (unpaired) electrons. The van der Waals surface area contributed by atoms with Crippen molar-refractivity contribution in [2.24, 2.45) is 0 Å². The lowest BCUT2D eigenvalue weighted by atomic mass is 10.1. The second kappa shape index (κ2) is 4.84. The van der Waals surface area contributed by atoms with Crippen LogP contribution in [0.4, 0.5) is 13.2 Å². The normalized spacial score (nSPS) is 10.0. The molecule has 0 atom stereocenters. The summed E-state index contributed by atoms with van der Waals surface area (Å²) < 4.78 is 36.4. The van der Waals surface area contributed by atoms with E-state index in [1.807, 2.05) is 6.92 Å². The average Bonchev–Trinajstić information content (AvgIpc) is 2.18. The maximum atomic E-state index is 12.7. The van der Waals surface area contributed by atoms with Gasteiger partial charge in [-0.15, -0.1) is 0 Å². The van der Waals surface area contributed by atoms with Crippen LogP contribution in [0.3, 0.4) is 0 Å². The van der Waals surface area contributed by atoms with E-state index < -0.39 is 11.9 Å². The Morgan fingerprint density at radius 1 is 1.07 bits per heavy atom. The van der Waals surface area contributed by atoms with Gasteiger partial charge < -0.3 is 0 Å². The molecule has 1 aromatic rings. The SMILES string of the molecule is CCCc1ccc(C(F)=C(F)F)cc1. The average molecular weight is 200 g/mol. The maximum Gasteiger partial charge on any atom is 0.306 e. The first-order valence-corrected chi connectivity index (χ1v) is 4.45. The quantitative estimate of drug-likeness (QED) is 0.686. The fourth-order valence-corrected chi connectivity index (χ4v) is 1.22. The smallest absolute Gasteiger partial charge is 0.200 e. The van der Waals surface area contributed by atoms with Crippen molar-refractivity contribution in [3.05, 3.63) is 41.5 Å². The first-order chi connectivity index (χ1) is 6.65. The maximum absolute atomic E-state index is 12.7. The van der Waals surface area contributed by atoms with Crippen LogP contribution in [0.25, 0.3) is 5.83 Å². The summed E-state index contributed by atoms with van der Waals surface area (Å²) in [6.45, 7) is 2.02. The molecular formula is C11H11F3. The highest BCUT2D eigenvalue weighted by atomic mass is 19.3. The van der Waals surface area contributed by atoms with Gasteiger partial charge in [0.25, 0.3) is 0 Å². The van der Waals surface area contributed by atoms with Gasteiger partial charge >= 0.3 is 6.08 Å². The second-order valence-electron chi connectivity index (χ2n) is 3.02. The van der Waals surface area contributed by atoms with Crippen LogP contribution in [0, 0.1) is 0 Å². The van der Waals surface area contributed by atoms with E-state index in [1.165, 1.54) is 12.1 Å². The van der Waals surface area contributed by atoms with Crippen molar-refractivity contribution in [1.82, 2.24) is 0 Å². The Bertz CT molecular complexity index is 321.